The summed E-state index contributed by atoms with van der Waals surface area (Å²) >= 11 is 0. The topological polar surface area (TPSA) is 35.6 Å². The van der Waals surface area contributed by atoms with Crippen LogP contribution in [0.15, 0.2) is 24.3 Å². The summed E-state index contributed by atoms with van der Waals surface area (Å²) < 4.78 is 0. The molecule has 116 valence electrons. The largest absolute Gasteiger partial charge is 0.362 e. The first-order valence-electron chi connectivity index (χ1n) is 7.94. The summed E-state index contributed by atoms with van der Waals surface area (Å²) in [5, 5.41) is 3.50. The third-order valence-electron chi connectivity index (χ3n) is 4.13. The Morgan fingerprint density at radius 3 is 2.62 bits per heavy atom. The second-order valence-corrected chi connectivity index (χ2v) is 5.86. The van der Waals surface area contributed by atoms with Gasteiger partial charge in [0.05, 0.1) is 6.54 Å². The Morgan fingerprint density at radius 2 is 1.95 bits per heavy atom. The van der Waals surface area contributed by atoms with Gasteiger partial charge < -0.3 is 15.1 Å². The molecule has 1 aliphatic heterocycles. The molecule has 0 spiro atoms. The Balaban J connectivity index is 2.02. The van der Waals surface area contributed by atoms with Crippen molar-refractivity contribution >= 4 is 11.6 Å². The van der Waals surface area contributed by atoms with E-state index in [1.165, 1.54) is 5.56 Å². The Morgan fingerprint density at radius 1 is 1.24 bits per heavy atom. The standard InChI is InChI=1S/C17H27N3O/c1-4-10-18-14(2)15-6-8-16(9-7-15)20-12-5-11-19(3)17(21)13-20/h6-9,14,18H,4-5,10-13H2,1-3H3. The number of anilines is 1. The molecule has 1 unspecified atom stereocenters. The molecule has 0 radical (unpaired) electrons. The van der Waals surface area contributed by atoms with E-state index >= 15 is 0 Å². The predicted molar refractivity (Wildman–Crippen MR) is 87.6 cm³/mol. The maximum atomic E-state index is 12.0. The number of likely N-dealkylation sites (N-methyl/N-ethyl adjacent to an activating group) is 1. The average Bonchev–Trinajstić information content (AvgIpc) is 2.67. The molecule has 21 heavy (non-hydrogen) atoms. The molecular weight excluding hydrogens is 262 g/mol. The van der Waals surface area contributed by atoms with E-state index in [-0.39, 0.29) is 5.91 Å². The van der Waals surface area contributed by atoms with Gasteiger partial charge >= 0.3 is 0 Å². The van der Waals surface area contributed by atoms with Crippen molar-refractivity contribution in [1.82, 2.24) is 10.2 Å². The van der Waals surface area contributed by atoms with Crippen LogP contribution in [0.3, 0.4) is 0 Å². The third-order valence-corrected chi connectivity index (χ3v) is 4.13. The molecule has 1 aliphatic rings. The van der Waals surface area contributed by atoms with Crippen molar-refractivity contribution in [1.29, 1.82) is 0 Å². The maximum absolute atomic E-state index is 12.0. The number of benzene rings is 1. The fourth-order valence-corrected chi connectivity index (χ4v) is 2.66. The summed E-state index contributed by atoms with van der Waals surface area (Å²) in [6.45, 7) is 7.69. The van der Waals surface area contributed by atoms with Crippen LogP contribution in [0.5, 0.6) is 0 Å². The summed E-state index contributed by atoms with van der Waals surface area (Å²) in [6.07, 6.45) is 2.17. The Kier molecular flexibility index (Phi) is 5.62. The molecule has 0 aromatic heterocycles. The average molecular weight is 289 g/mol. The van der Waals surface area contributed by atoms with E-state index in [1.807, 2.05) is 11.9 Å². The van der Waals surface area contributed by atoms with Gasteiger partial charge in [-0.2, -0.15) is 0 Å². The van der Waals surface area contributed by atoms with Gasteiger partial charge in [0.25, 0.3) is 0 Å². The highest BCUT2D eigenvalue weighted by Crippen LogP contribution is 2.20. The predicted octanol–water partition coefficient (Wildman–Crippen LogP) is 2.42. The Labute approximate surface area is 128 Å². The number of hydrogen-bond acceptors (Lipinski definition) is 3. The highest BCUT2D eigenvalue weighted by atomic mass is 16.2. The highest BCUT2D eigenvalue weighted by molar-refractivity contribution is 5.81. The van der Waals surface area contributed by atoms with Gasteiger partial charge in [0.15, 0.2) is 0 Å². The minimum Gasteiger partial charge on any atom is -0.362 e. The zero-order valence-corrected chi connectivity index (χ0v) is 13.4. The highest BCUT2D eigenvalue weighted by Gasteiger charge is 2.19. The lowest BCUT2D eigenvalue weighted by atomic mass is 10.1. The number of rotatable bonds is 5. The van der Waals surface area contributed by atoms with E-state index in [4.69, 9.17) is 0 Å². The van der Waals surface area contributed by atoms with Crippen LogP contribution in [-0.2, 0) is 4.79 Å². The first-order chi connectivity index (χ1) is 10.1. The van der Waals surface area contributed by atoms with Crippen LogP contribution >= 0.6 is 0 Å². The fraction of sp³-hybridized carbons (Fsp3) is 0.588. The van der Waals surface area contributed by atoms with E-state index in [1.54, 1.807) is 0 Å². The van der Waals surface area contributed by atoms with Crippen LogP contribution in [0.2, 0.25) is 0 Å². The first-order valence-corrected chi connectivity index (χ1v) is 7.94. The monoisotopic (exact) mass is 289 g/mol. The lowest BCUT2D eigenvalue weighted by Gasteiger charge is -2.23. The summed E-state index contributed by atoms with van der Waals surface area (Å²) in [4.78, 5) is 16.0. The molecule has 1 amide bonds. The minimum atomic E-state index is 0.203. The first kappa shape index (κ1) is 15.8. The van der Waals surface area contributed by atoms with Crippen molar-refractivity contribution in [2.24, 2.45) is 0 Å². The fourth-order valence-electron chi connectivity index (χ4n) is 2.66. The SMILES string of the molecule is CCCNC(C)c1ccc(N2CCCN(C)C(=O)C2)cc1. The van der Waals surface area contributed by atoms with Crippen LogP contribution in [0.1, 0.15) is 38.3 Å². The summed E-state index contributed by atoms with van der Waals surface area (Å²) in [7, 11) is 1.88. The number of amides is 1. The molecule has 4 nitrogen and oxygen atoms in total. The Bertz CT molecular complexity index is 458. The van der Waals surface area contributed by atoms with E-state index in [0.717, 1.165) is 38.2 Å². The smallest absolute Gasteiger partial charge is 0.241 e. The summed E-state index contributed by atoms with van der Waals surface area (Å²) in [5.41, 5.74) is 2.44. The van der Waals surface area contributed by atoms with Crippen LogP contribution in [0.4, 0.5) is 5.69 Å². The summed E-state index contributed by atoms with van der Waals surface area (Å²) in [6, 6.07) is 8.98. The molecule has 0 saturated carbocycles. The van der Waals surface area contributed by atoms with Gasteiger partial charge in [-0.15, -0.1) is 0 Å². The number of nitrogens with one attached hydrogen (secondary N) is 1. The minimum absolute atomic E-state index is 0.203. The molecule has 4 heteroatoms. The lowest BCUT2D eigenvalue weighted by Crippen LogP contribution is -2.34. The van der Waals surface area contributed by atoms with Crippen molar-refractivity contribution in [3.63, 3.8) is 0 Å². The molecule has 0 aliphatic carbocycles. The maximum Gasteiger partial charge on any atom is 0.241 e. The molecule has 1 saturated heterocycles. The van der Waals surface area contributed by atoms with Gasteiger partial charge in [-0.1, -0.05) is 19.1 Å². The molecule has 1 heterocycles. The van der Waals surface area contributed by atoms with Gasteiger partial charge in [-0.3, -0.25) is 4.79 Å². The zero-order valence-electron chi connectivity index (χ0n) is 13.4. The van der Waals surface area contributed by atoms with Gasteiger partial charge in [0.1, 0.15) is 0 Å². The zero-order chi connectivity index (χ0) is 15.2. The van der Waals surface area contributed by atoms with Crippen LogP contribution < -0.4 is 10.2 Å². The third kappa shape index (κ3) is 4.21. The van der Waals surface area contributed by atoms with E-state index < -0.39 is 0 Å². The van der Waals surface area contributed by atoms with E-state index in [9.17, 15) is 4.79 Å². The molecular formula is C17H27N3O. The van der Waals surface area contributed by atoms with Crippen molar-refractivity contribution in [2.75, 3.05) is 38.1 Å². The van der Waals surface area contributed by atoms with Gasteiger partial charge in [-0.05, 0) is 44.0 Å². The van der Waals surface area contributed by atoms with E-state index in [2.05, 4.69) is 48.3 Å². The molecule has 1 N–H and O–H groups in total. The Hall–Kier alpha value is -1.55. The molecule has 1 atom stereocenters. The molecule has 2 rings (SSSR count). The van der Waals surface area contributed by atoms with Crippen molar-refractivity contribution in [2.45, 2.75) is 32.7 Å². The van der Waals surface area contributed by atoms with Gasteiger partial charge in [-0.25, -0.2) is 0 Å². The van der Waals surface area contributed by atoms with E-state index in [0.29, 0.717) is 12.6 Å². The molecule has 1 aromatic carbocycles. The molecule has 1 fully saturated rings. The van der Waals surface area contributed by atoms with Gasteiger partial charge in [0, 0.05) is 31.9 Å². The van der Waals surface area contributed by atoms with Crippen LogP contribution in [0.25, 0.3) is 0 Å². The number of carbonyl (C=O) groups is 1. The quantitative estimate of drug-likeness (QED) is 0.904. The lowest BCUT2D eigenvalue weighted by molar-refractivity contribution is -0.127. The second kappa shape index (κ2) is 7.46. The van der Waals surface area contributed by atoms with Crippen LogP contribution in [-0.4, -0.2) is 44.0 Å². The molecule has 1 aromatic rings. The summed E-state index contributed by atoms with van der Waals surface area (Å²) in [5.74, 6) is 0.203. The van der Waals surface area contributed by atoms with Crippen molar-refractivity contribution in [3.8, 4) is 0 Å². The molecule has 0 bridgehead atoms. The van der Waals surface area contributed by atoms with Crippen molar-refractivity contribution in [3.05, 3.63) is 29.8 Å². The van der Waals surface area contributed by atoms with Crippen molar-refractivity contribution < 1.29 is 4.79 Å². The number of nitrogens with zero attached hydrogens (tertiary/aromatic N) is 2. The van der Waals surface area contributed by atoms with Crippen LogP contribution in [0, 0.1) is 0 Å². The number of hydrogen-bond donors (Lipinski definition) is 1. The normalized spacial score (nSPS) is 17.8. The number of carbonyl (C=O) groups excluding carboxylic acids is 1. The van der Waals surface area contributed by atoms with Gasteiger partial charge in [0.2, 0.25) is 5.91 Å². The second-order valence-electron chi connectivity index (χ2n) is 5.86.